The first kappa shape index (κ1) is 24.1. The van der Waals surface area contributed by atoms with E-state index in [1.54, 1.807) is 30.7 Å². The Morgan fingerprint density at radius 2 is 2.06 bits per heavy atom. The average molecular weight is 505 g/mol. The van der Waals surface area contributed by atoms with Gasteiger partial charge in [-0.1, -0.05) is 6.07 Å². The molecule has 2 aliphatic heterocycles. The van der Waals surface area contributed by atoms with Gasteiger partial charge in [-0.15, -0.1) is 0 Å². The monoisotopic (exact) mass is 504 g/mol. The Kier molecular flexibility index (Phi) is 6.57. The number of pyridine rings is 1. The molecule has 0 radical (unpaired) electrons. The summed E-state index contributed by atoms with van der Waals surface area (Å²) < 4.78 is 22.0. The molecule has 186 valence electrons. The third-order valence-electron chi connectivity index (χ3n) is 6.03. The molecule has 1 unspecified atom stereocenters. The van der Waals surface area contributed by atoms with Gasteiger partial charge in [0.25, 0.3) is 0 Å². The van der Waals surface area contributed by atoms with Crippen molar-refractivity contribution in [3.05, 3.63) is 58.8 Å². The van der Waals surface area contributed by atoms with Gasteiger partial charge in [-0.2, -0.15) is 14.6 Å². The molecule has 1 atom stereocenters. The molecule has 0 bridgehead atoms. The first-order valence-electron chi connectivity index (χ1n) is 11.6. The van der Waals surface area contributed by atoms with E-state index in [0.717, 1.165) is 31.8 Å². The number of aromatic nitrogens is 3. The minimum absolute atomic E-state index is 0.276. The number of likely N-dealkylation sites (N-methyl/N-ethyl adjacent to an activating group) is 1. The predicted molar refractivity (Wildman–Crippen MR) is 140 cm³/mol. The Balaban J connectivity index is 1.44. The van der Waals surface area contributed by atoms with Crippen LogP contribution in [0.1, 0.15) is 28.2 Å². The summed E-state index contributed by atoms with van der Waals surface area (Å²) >= 11 is 0. The summed E-state index contributed by atoms with van der Waals surface area (Å²) in [6.07, 6.45) is 5.44. The summed E-state index contributed by atoms with van der Waals surface area (Å²) in [5.74, 6) is 1.84. The Morgan fingerprint density at radius 3 is 2.86 bits per heavy atom. The number of nitrogens with one attached hydrogen (secondary N) is 2. The number of nitrogens with zero attached hydrogens (tertiary/aromatic N) is 6. The minimum atomic E-state index is -2.35. The Hall–Kier alpha value is -3.59. The molecule has 11 heteroatoms. The summed E-state index contributed by atoms with van der Waals surface area (Å²) in [6.45, 7) is 3.34. The molecular weight excluding hydrogens is 476 g/mol. The number of benzene rings is 1. The molecule has 0 saturated heterocycles. The van der Waals surface area contributed by atoms with Crippen molar-refractivity contribution in [1.82, 2.24) is 19.9 Å². The molecule has 0 fully saturated rings. The molecule has 0 aliphatic carbocycles. The maximum Gasteiger partial charge on any atom is 0.229 e. The van der Waals surface area contributed by atoms with Gasteiger partial charge in [-0.25, -0.2) is 14.2 Å². The molecule has 10 nitrogen and oxygen atoms in total. The van der Waals surface area contributed by atoms with Crippen molar-refractivity contribution in [2.45, 2.75) is 18.9 Å². The number of nitriles is 1. The largest absolute Gasteiger partial charge is 0.380 e. The standard InChI is InChI=1S/C25H28N8O2S/c1-33-13-17-10-20(9-16-7-8-35-15-19(14-33)23(16)17)28-25-27-12-18(11-26)24(31-25)30-21-5-4-6-22(29-21)32-36(2,3)34/h4-6,9-10,12,19H,7-8,13-15H2,1-3H3,(H2,27,28,29,30,31). The lowest BCUT2D eigenvalue weighted by molar-refractivity contribution is 0.114. The summed E-state index contributed by atoms with van der Waals surface area (Å²) in [5, 5.41) is 16.0. The van der Waals surface area contributed by atoms with Crippen LogP contribution in [0.25, 0.3) is 0 Å². The maximum atomic E-state index is 12.0. The zero-order chi connectivity index (χ0) is 25.3. The van der Waals surface area contributed by atoms with E-state index in [9.17, 15) is 9.47 Å². The van der Waals surface area contributed by atoms with Gasteiger partial charge in [-0.3, -0.25) is 0 Å². The van der Waals surface area contributed by atoms with E-state index in [4.69, 9.17) is 4.74 Å². The summed E-state index contributed by atoms with van der Waals surface area (Å²) in [6, 6.07) is 11.6. The molecule has 5 rings (SSSR count). The Bertz CT molecular complexity index is 1470. The minimum Gasteiger partial charge on any atom is -0.380 e. The smallest absolute Gasteiger partial charge is 0.229 e. The van der Waals surface area contributed by atoms with Crippen LogP contribution in [0.5, 0.6) is 0 Å². The molecule has 0 amide bonds. The van der Waals surface area contributed by atoms with Crippen LogP contribution < -0.4 is 10.6 Å². The second-order valence-electron chi connectivity index (χ2n) is 9.40. The fourth-order valence-corrected chi connectivity index (χ4v) is 5.27. The van der Waals surface area contributed by atoms with E-state index in [0.29, 0.717) is 35.9 Å². The fourth-order valence-electron chi connectivity index (χ4n) is 4.72. The van der Waals surface area contributed by atoms with E-state index >= 15 is 0 Å². The highest BCUT2D eigenvalue weighted by Crippen LogP contribution is 2.36. The lowest BCUT2D eigenvalue weighted by Crippen LogP contribution is -2.32. The third kappa shape index (κ3) is 5.46. The Labute approximate surface area is 210 Å². The number of hydrogen-bond donors (Lipinski definition) is 2. The van der Waals surface area contributed by atoms with Crippen LogP contribution in [0.2, 0.25) is 0 Å². The van der Waals surface area contributed by atoms with Gasteiger partial charge < -0.3 is 20.3 Å². The molecule has 4 heterocycles. The molecule has 0 spiro atoms. The highest BCUT2D eigenvalue weighted by atomic mass is 32.2. The van der Waals surface area contributed by atoms with E-state index in [2.05, 4.69) is 60.1 Å². The Morgan fingerprint density at radius 1 is 1.22 bits per heavy atom. The third-order valence-corrected chi connectivity index (χ3v) is 6.65. The number of rotatable bonds is 5. The quantitative estimate of drug-likeness (QED) is 0.534. The van der Waals surface area contributed by atoms with Gasteiger partial charge in [0.05, 0.1) is 19.4 Å². The SMILES string of the molecule is CN1Cc2cc(Nc3ncc(C#N)c(Nc4cccc(N=S(C)(C)=O)n4)n3)cc3c2C(COCC3)C1. The van der Waals surface area contributed by atoms with Gasteiger partial charge in [0.2, 0.25) is 5.95 Å². The van der Waals surface area contributed by atoms with Crippen LogP contribution in [0, 0.1) is 11.3 Å². The molecule has 2 aliphatic rings. The first-order chi connectivity index (χ1) is 17.3. The number of hydrogen-bond acceptors (Lipinski definition) is 10. The van der Waals surface area contributed by atoms with Crippen molar-refractivity contribution >= 4 is 38.8 Å². The van der Waals surface area contributed by atoms with Gasteiger partial charge in [0.1, 0.15) is 17.5 Å². The molecule has 0 saturated carbocycles. The number of anilines is 4. The normalized spacial score (nSPS) is 17.4. The topological polar surface area (TPSA) is 128 Å². The lowest BCUT2D eigenvalue weighted by Gasteiger charge is -2.33. The number of ether oxygens (including phenoxy) is 1. The van der Waals surface area contributed by atoms with Crippen LogP contribution in [0.3, 0.4) is 0 Å². The summed E-state index contributed by atoms with van der Waals surface area (Å²) in [5.41, 5.74) is 5.18. The van der Waals surface area contributed by atoms with Crippen molar-refractivity contribution in [3.63, 3.8) is 0 Å². The fraction of sp³-hybridized carbons (Fsp3) is 0.360. The lowest BCUT2D eigenvalue weighted by atomic mass is 9.85. The van der Waals surface area contributed by atoms with Crippen molar-refractivity contribution in [2.75, 3.05) is 50.0 Å². The van der Waals surface area contributed by atoms with Crippen molar-refractivity contribution < 1.29 is 8.95 Å². The summed E-state index contributed by atoms with van der Waals surface area (Å²) in [4.78, 5) is 15.6. The van der Waals surface area contributed by atoms with Crippen LogP contribution in [-0.2, 0) is 27.4 Å². The molecule has 3 aromatic rings. The van der Waals surface area contributed by atoms with Gasteiger partial charge in [0, 0.05) is 46.9 Å². The predicted octanol–water partition coefficient (Wildman–Crippen LogP) is 3.69. The zero-order valence-electron chi connectivity index (χ0n) is 20.5. The highest BCUT2D eigenvalue weighted by molar-refractivity contribution is 7.92. The van der Waals surface area contributed by atoms with Gasteiger partial charge in [-0.05, 0) is 54.4 Å². The molecule has 36 heavy (non-hydrogen) atoms. The summed E-state index contributed by atoms with van der Waals surface area (Å²) in [7, 11) is -0.223. The van der Waals surface area contributed by atoms with Crippen LogP contribution in [0.4, 0.5) is 29.1 Å². The van der Waals surface area contributed by atoms with Crippen molar-refractivity contribution in [1.29, 1.82) is 5.26 Å². The van der Waals surface area contributed by atoms with E-state index in [1.807, 2.05) is 0 Å². The van der Waals surface area contributed by atoms with E-state index < -0.39 is 9.73 Å². The van der Waals surface area contributed by atoms with Crippen LogP contribution in [0.15, 0.2) is 40.9 Å². The van der Waals surface area contributed by atoms with Crippen LogP contribution >= 0.6 is 0 Å². The second kappa shape index (κ2) is 9.81. The maximum absolute atomic E-state index is 12.0. The first-order valence-corrected chi connectivity index (χ1v) is 14.0. The molecule has 1 aromatic carbocycles. The van der Waals surface area contributed by atoms with Gasteiger partial charge >= 0.3 is 0 Å². The van der Waals surface area contributed by atoms with E-state index in [-0.39, 0.29) is 5.56 Å². The zero-order valence-corrected chi connectivity index (χ0v) is 21.3. The van der Waals surface area contributed by atoms with Crippen molar-refractivity contribution in [2.24, 2.45) is 4.36 Å². The van der Waals surface area contributed by atoms with Gasteiger partial charge in [0.15, 0.2) is 11.6 Å². The second-order valence-corrected chi connectivity index (χ2v) is 11.9. The van der Waals surface area contributed by atoms with E-state index in [1.165, 1.54) is 22.9 Å². The average Bonchev–Trinajstić information content (AvgIpc) is 3.01. The molecular formula is C25H28N8O2S. The van der Waals surface area contributed by atoms with Crippen molar-refractivity contribution in [3.8, 4) is 6.07 Å². The van der Waals surface area contributed by atoms with Crippen LogP contribution in [-0.4, -0.2) is 63.4 Å². The molecule has 2 aromatic heterocycles. The molecule has 2 N–H and O–H groups in total. The highest BCUT2D eigenvalue weighted by Gasteiger charge is 2.28.